The first-order chi connectivity index (χ1) is 9.29. The van der Waals surface area contributed by atoms with Crippen molar-refractivity contribution in [2.24, 2.45) is 5.73 Å². The smallest absolute Gasteiger partial charge is 0.124 e. The summed E-state index contributed by atoms with van der Waals surface area (Å²) in [5.41, 5.74) is 6.65. The Hall–Kier alpha value is -0.730. The fourth-order valence-corrected chi connectivity index (χ4v) is 2.39. The largest absolute Gasteiger partial charge is 0.493 e. The summed E-state index contributed by atoms with van der Waals surface area (Å²) >= 11 is 6.17. The van der Waals surface area contributed by atoms with E-state index in [2.05, 4.69) is 6.92 Å². The van der Waals surface area contributed by atoms with Crippen LogP contribution in [0.5, 0.6) is 5.75 Å². The maximum atomic E-state index is 6.17. The van der Waals surface area contributed by atoms with Crippen molar-refractivity contribution in [3.63, 3.8) is 0 Å². The Morgan fingerprint density at radius 3 is 2.58 bits per heavy atom. The molecule has 0 fully saturated rings. The Morgan fingerprint density at radius 2 is 1.84 bits per heavy atom. The third-order valence-corrected chi connectivity index (χ3v) is 3.58. The molecular formula is C16H26ClNO. The lowest BCUT2D eigenvalue weighted by Crippen LogP contribution is -2.06. The van der Waals surface area contributed by atoms with E-state index < -0.39 is 0 Å². The van der Waals surface area contributed by atoms with Gasteiger partial charge >= 0.3 is 0 Å². The van der Waals surface area contributed by atoms with E-state index in [4.69, 9.17) is 22.1 Å². The zero-order chi connectivity index (χ0) is 13.9. The molecule has 1 aromatic rings. The van der Waals surface area contributed by atoms with E-state index in [-0.39, 0.29) is 0 Å². The lowest BCUT2D eigenvalue weighted by atomic mass is 10.1. The summed E-state index contributed by atoms with van der Waals surface area (Å²) in [6.07, 6.45) is 8.41. The van der Waals surface area contributed by atoms with Gasteiger partial charge in [-0.3, -0.25) is 0 Å². The summed E-state index contributed by atoms with van der Waals surface area (Å²) in [5, 5.41) is 0.755. The first-order valence-electron chi connectivity index (χ1n) is 7.39. The van der Waals surface area contributed by atoms with Gasteiger partial charge in [0.05, 0.1) is 6.61 Å². The molecule has 0 bridgehead atoms. The number of hydrogen-bond donors (Lipinski definition) is 1. The van der Waals surface area contributed by atoms with E-state index in [0.717, 1.165) is 35.8 Å². The predicted octanol–water partition coefficient (Wildman–Crippen LogP) is 4.58. The van der Waals surface area contributed by atoms with Crippen LogP contribution in [-0.2, 0) is 6.42 Å². The quantitative estimate of drug-likeness (QED) is 0.638. The van der Waals surface area contributed by atoms with Gasteiger partial charge in [0.15, 0.2) is 0 Å². The summed E-state index contributed by atoms with van der Waals surface area (Å²) in [6, 6.07) is 5.80. The Morgan fingerprint density at radius 1 is 1.11 bits per heavy atom. The molecule has 0 saturated carbocycles. The van der Waals surface area contributed by atoms with Crippen molar-refractivity contribution >= 4 is 11.6 Å². The minimum Gasteiger partial charge on any atom is -0.493 e. The van der Waals surface area contributed by atoms with Crippen LogP contribution in [0.3, 0.4) is 0 Å². The van der Waals surface area contributed by atoms with Crippen LogP contribution >= 0.6 is 11.6 Å². The zero-order valence-corrected chi connectivity index (χ0v) is 12.7. The van der Waals surface area contributed by atoms with Crippen molar-refractivity contribution in [3.05, 3.63) is 28.8 Å². The molecule has 3 heteroatoms. The van der Waals surface area contributed by atoms with Crippen LogP contribution in [0.25, 0.3) is 0 Å². The monoisotopic (exact) mass is 283 g/mol. The normalized spacial score (nSPS) is 10.7. The maximum Gasteiger partial charge on any atom is 0.124 e. The molecule has 0 aliphatic rings. The van der Waals surface area contributed by atoms with E-state index in [1.807, 2.05) is 18.2 Å². The van der Waals surface area contributed by atoms with Gasteiger partial charge in [0.2, 0.25) is 0 Å². The second-order valence-corrected chi connectivity index (χ2v) is 5.28. The Bertz CT molecular complexity index is 355. The molecule has 19 heavy (non-hydrogen) atoms. The molecule has 1 rings (SSSR count). The highest BCUT2D eigenvalue weighted by molar-refractivity contribution is 6.31. The van der Waals surface area contributed by atoms with E-state index >= 15 is 0 Å². The Balaban J connectivity index is 2.30. The van der Waals surface area contributed by atoms with Crippen LogP contribution in [0.15, 0.2) is 18.2 Å². The Labute approximate surface area is 122 Å². The van der Waals surface area contributed by atoms with Crippen molar-refractivity contribution in [2.45, 2.75) is 51.9 Å². The molecule has 0 heterocycles. The molecule has 0 aromatic heterocycles. The topological polar surface area (TPSA) is 35.2 Å². The van der Waals surface area contributed by atoms with Gasteiger partial charge in [0.25, 0.3) is 0 Å². The molecule has 0 saturated heterocycles. The number of rotatable bonds is 10. The molecular weight excluding hydrogens is 258 g/mol. The Kier molecular flexibility index (Phi) is 8.68. The average Bonchev–Trinajstić information content (AvgIpc) is 2.41. The van der Waals surface area contributed by atoms with Crippen molar-refractivity contribution in [1.82, 2.24) is 0 Å². The SMILES string of the molecule is CCCCCCCCOc1cccc(Cl)c1CCN. The molecule has 0 aliphatic heterocycles. The van der Waals surface area contributed by atoms with Crippen LogP contribution < -0.4 is 10.5 Å². The molecule has 1 aromatic carbocycles. The number of nitrogens with two attached hydrogens (primary N) is 1. The van der Waals surface area contributed by atoms with E-state index in [1.165, 1.54) is 32.1 Å². The van der Waals surface area contributed by atoms with Gasteiger partial charge in [0, 0.05) is 10.6 Å². The van der Waals surface area contributed by atoms with Gasteiger partial charge in [-0.15, -0.1) is 0 Å². The van der Waals surface area contributed by atoms with Gasteiger partial charge in [-0.2, -0.15) is 0 Å². The fraction of sp³-hybridized carbons (Fsp3) is 0.625. The minimum absolute atomic E-state index is 0.594. The van der Waals surface area contributed by atoms with Crippen molar-refractivity contribution in [3.8, 4) is 5.75 Å². The highest BCUT2D eigenvalue weighted by Gasteiger charge is 2.07. The zero-order valence-electron chi connectivity index (χ0n) is 12.0. The van der Waals surface area contributed by atoms with Gasteiger partial charge < -0.3 is 10.5 Å². The van der Waals surface area contributed by atoms with Gasteiger partial charge in [-0.05, 0) is 31.5 Å². The first kappa shape index (κ1) is 16.3. The van der Waals surface area contributed by atoms with Crippen molar-refractivity contribution in [2.75, 3.05) is 13.2 Å². The van der Waals surface area contributed by atoms with Crippen LogP contribution in [-0.4, -0.2) is 13.2 Å². The lowest BCUT2D eigenvalue weighted by molar-refractivity contribution is 0.301. The van der Waals surface area contributed by atoms with E-state index in [9.17, 15) is 0 Å². The van der Waals surface area contributed by atoms with Gasteiger partial charge in [-0.25, -0.2) is 0 Å². The summed E-state index contributed by atoms with van der Waals surface area (Å²) in [7, 11) is 0. The molecule has 0 unspecified atom stereocenters. The first-order valence-corrected chi connectivity index (χ1v) is 7.77. The molecule has 0 spiro atoms. The van der Waals surface area contributed by atoms with E-state index in [0.29, 0.717) is 6.54 Å². The predicted molar refractivity (Wildman–Crippen MR) is 83.1 cm³/mol. The molecule has 0 radical (unpaired) electrons. The number of benzene rings is 1. The van der Waals surface area contributed by atoms with E-state index in [1.54, 1.807) is 0 Å². The van der Waals surface area contributed by atoms with Crippen LogP contribution in [0, 0.1) is 0 Å². The van der Waals surface area contributed by atoms with Crippen LogP contribution in [0.2, 0.25) is 5.02 Å². The standard InChI is InChI=1S/C16H26ClNO/c1-2-3-4-5-6-7-13-19-16-10-8-9-15(17)14(16)11-12-18/h8-10H,2-7,11-13,18H2,1H3. The molecule has 0 amide bonds. The van der Waals surface area contributed by atoms with Gasteiger partial charge in [-0.1, -0.05) is 56.7 Å². The number of hydrogen-bond acceptors (Lipinski definition) is 2. The van der Waals surface area contributed by atoms with Crippen LogP contribution in [0.4, 0.5) is 0 Å². The molecule has 0 aliphatic carbocycles. The summed E-state index contributed by atoms with van der Waals surface area (Å²) < 4.78 is 5.84. The minimum atomic E-state index is 0.594. The van der Waals surface area contributed by atoms with Crippen molar-refractivity contribution < 1.29 is 4.74 Å². The third-order valence-electron chi connectivity index (χ3n) is 3.23. The second-order valence-electron chi connectivity index (χ2n) is 4.87. The molecule has 108 valence electrons. The average molecular weight is 284 g/mol. The highest BCUT2D eigenvalue weighted by Crippen LogP contribution is 2.26. The summed E-state index contributed by atoms with van der Waals surface area (Å²) in [5.74, 6) is 0.895. The fourth-order valence-electron chi connectivity index (χ4n) is 2.13. The summed E-state index contributed by atoms with van der Waals surface area (Å²) in [6.45, 7) is 3.60. The van der Waals surface area contributed by atoms with Gasteiger partial charge in [0.1, 0.15) is 5.75 Å². The number of halogens is 1. The van der Waals surface area contributed by atoms with Crippen molar-refractivity contribution in [1.29, 1.82) is 0 Å². The van der Waals surface area contributed by atoms with Crippen LogP contribution in [0.1, 0.15) is 51.0 Å². The maximum absolute atomic E-state index is 6.17. The second kappa shape index (κ2) is 10.1. The highest BCUT2D eigenvalue weighted by atomic mass is 35.5. The number of ether oxygens (including phenoxy) is 1. The molecule has 0 atom stereocenters. The molecule has 2 N–H and O–H groups in total. The molecule has 2 nitrogen and oxygen atoms in total. The number of unbranched alkanes of at least 4 members (excludes halogenated alkanes) is 5. The lowest BCUT2D eigenvalue weighted by Gasteiger charge is -2.12. The summed E-state index contributed by atoms with van der Waals surface area (Å²) in [4.78, 5) is 0. The third kappa shape index (κ3) is 6.31.